The van der Waals surface area contributed by atoms with Crippen LogP contribution in [0.5, 0.6) is 0 Å². The van der Waals surface area contributed by atoms with Crippen molar-refractivity contribution in [3.8, 4) is 0 Å². The fourth-order valence-electron chi connectivity index (χ4n) is 1.53. The van der Waals surface area contributed by atoms with E-state index in [2.05, 4.69) is 15.6 Å². The molecule has 1 aromatic heterocycles. The molecule has 0 fully saturated rings. The molecule has 6 heteroatoms. The summed E-state index contributed by atoms with van der Waals surface area (Å²) in [5.41, 5.74) is 0.380. The molecule has 0 aliphatic heterocycles. The van der Waals surface area contributed by atoms with Gasteiger partial charge in [0.25, 0.3) is 5.91 Å². The number of pyridine rings is 1. The zero-order valence-electron chi connectivity index (χ0n) is 11.6. The van der Waals surface area contributed by atoms with E-state index < -0.39 is 0 Å². The molecule has 0 spiro atoms. The van der Waals surface area contributed by atoms with E-state index in [9.17, 15) is 4.79 Å². The van der Waals surface area contributed by atoms with Gasteiger partial charge in [-0.2, -0.15) is 0 Å². The van der Waals surface area contributed by atoms with Gasteiger partial charge in [0.1, 0.15) is 11.5 Å². The van der Waals surface area contributed by atoms with Crippen LogP contribution in [0.4, 0.5) is 5.82 Å². The number of amides is 1. The maximum absolute atomic E-state index is 11.9. The second-order valence-corrected chi connectivity index (χ2v) is 3.96. The smallest absolute Gasteiger partial charge is 0.270 e. The Balaban J connectivity index is 2.55. The van der Waals surface area contributed by atoms with Crippen molar-refractivity contribution in [2.75, 3.05) is 39.2 Å². The van der Waals surface area contributed by atoms with Gasteiger partial charge >= 0.3 is 0 Å². The van der Waals surface area contributed by atoms with Crippen LogP contribution < -0.4 is 10.6 Å². The van der Waals surface area contributed by atoms with Crippen LogP contribution >= 0.6 is 0 Å². The Kier molecular flexibility index (Phi) is 6.84. The first-order valence-electron chi connectivity index (χ1n) is 6.22. The third-order valence-corrected chi connectivity index (χ3v) is 2.52. The molecule has 2 N–H and O–H groups in total. The zero-order valence-corrected chi connectivity index (χ0v) is 11.6. The Morgan fingerprint density at radius 1 is 1.42 bits per heavy atom. The van der Waals surface area contributed by atoms with Gasteiger partial charge in [-0.05, 0) is 19.1 Å². The molecule has 0 radical (unpaired) electrons. The highest BCUT2D eigenvalue weighted by molar-refractivity contribution is 5.92. The predicted molar refractivity (Wildman–Crippen MR) is 73.4 cm³/mol. The minimum Gasteiger partial charge on any atom is -0.382 e. The SMILES string of the molecule is CCNc1cccc(C(=O)NCC(COC)OC)n1. The van der Waals surface area contributed by atoms with Gasteiger partial charge in [-0.3, -0.25) is 4.79 Å². The van der Waals surface area contributed by atoms with Crippen molar-refractivity contribution in [3.05, 3.63) is 23.9 Å². The molecule has 1 atom stereocenters. The molecule has 0 bridgehead atoms. The normalized spacial score (nSPS) is 11.9. The van der Waals surface area contributed by atoms with Crippen molar-refractivity contribution in [3.63, 3.8) is 0 Å². The van der Waals surface area contributed by atoms with E-state index in [0.717, 1.165) is 6.54 Å². The van der Waals surface area contributed by atoms with E-state index >= 15 is 0 Å². The van der Waals surface area contributed by atoms with E-state index in [1.807, 2.05) is 13.0 Å². The van der Waals surface area contributed by atoms with Crippen LogP contribution in [0, 0.1) is 0 Å². The average Bonchev–Trinajstić information content (AvgIpc) is 2.43. The third-order valence-electron chi connectivity index (χ3n) is 2.52. The topological polar surface area (TPSA) is 72.5 Å². The molecule has 19 heavy (non-hydrogen) atoms. The lowest BCUT2D eigenvalue weighted by atomic mass is 10.3. The van der Waals surface area contributed by atoms with E-state index in [4.69, 9.17) is 9.47 Å². The minimum absolute atomic E-state index is 0.161. The van der Waals surface area contributed by atoms with Gasteiger partial charge in [-0.25, -0.2) is 4.98 Å². The van der Waals surface area contributed by atoms with Crippen LogP contribution in [0.25, 0.3) is 0 Å². The molecule has 1 heterocycles. The molecule has 1 amide bonds. The maximum Gasteiger partial charge on any atom is 0.270 e. The van der Waals surface area contributed by atoms with Crippen molar-refractivity contribution in [1.82, 2.24) is 10.3 Å². The number of aromatic nitrogens is 1. The van der Waals surface area contributed by atoms with Gasteiger partial charge in [0, 0.05) is 27.3 Å². The molecule has 0 saturated heterocycles. The van der Waals surface area contributed by atoms with Gasteiger partial charge in [0.15, 0.2) is 0 Å². The molecule has 1 unspecified atom stereocenters. The van der Waals surface area contributed by atoms with Crippen molar-refractivity contribution in [2.24, 2.45) is 0 Å². The summed E-state index contributed by atoms with van der Waals surface area (Å²) in [6.45, 7) is 3.55. The first kappa shape index (κ1) is 15.4. The fraction of sp³-hybridized carbons (Fsp3) is 0.538. The summed E-state index contributed by atoms with van der Waals surface area (Å²) in [4.78, 5) is 16.1. The number of hydrogen-bond acceptors (Lipinski definition) is 5. The van der Waals surface area contributed by atoms with Crippen molar-refractivity contribution in [1.29, 1.82) is 0 Å². The monoisotopic (exact) mass is 267 g/mol. The highest BCUT2D eigenvalue weighted by atomic mass is 16.5. The summed E-state index contributed by atoms with van der Waals surface area (Å²) in [6, 6.07) is 5.29. The number of hydrogen-bond donors (Lipinski definition) is 2. The lowest BCUT2D eigenvalue weighted by Crippen LogP contribution is -2.36. The van der Waals surface area contributed by atoms with Crippen LogP contribution in [-0.2, 0) is 9.47 Å². The van der Waals surface area contributed by atoms with Gasteiger partial charge in [0.2, 0.25) is 0 Å². The van der Waals surface area contributed by atoms with E-state index in [-0.39, 0.29) is 12.0 Å². The number of anilines is 1. The molecule has 0 aromatic carbocycles. The van der Waals surface area contributed by atoms with Crippen LogP contribution in [-0.4, -0.2) is 50.9 Å². The third kappa shape index (κ3) is 5.23. The van der Waals surface area contributed by atoms with Crippen LogP contribution in [0.2, 0.25) is 0 Å². The van der Waals surface area contributed by atoms with Crippen LogP contribution in [0.15, 0.2) is 18.2 Å². The fourth-order valence-corrected chi connectivity index (χ4v) is 1.53. The van der Waals surface area contributed by atoms with Gasteiger partial charge in [-0.15, -0.1) is 0 Å². The number of carbonyl (C=O) groups is 1. The van der Waals surface area contributed by atoms with Gasteiger partial charge < -0.3 is 20.1 Å². The predicted octanol–water partition coefficient (Wildman–Crippen LogP) is 0.905. The summed E-state index contributed by atoms with van der Waals surface area (Å²) in [5, 5.41) is 5.83. The van der Waals surface area contributed by atoms with Gasteiger partial charge in [-0.1, -0.05) is 6.07 Å². The summed E-state index contributed by atoms with van der Waals surface area (Å²) < 4.78 is 10.1. The molecule has 1 rings (SSSR count). The standard InChI is InChI=1S/C13H21N3O3/c1-4-14-12-7-5-6-11(16-12)13(17)15-8-10(19-3)9-18-2/h5-7,10H,4,8-9H2,1-3H3,(H,14,16)(H,15,17). The summed E-state index contributed by atoms with van der Waals surface area (Å²) in [7, 11) is 3.18. The number of methoxy groups -OCH3 is 2. The van der Waals surface area contributed by atoms with E-state index in [1.54, 1.807) is 26.4 Å². The first-order valence-corrected chi connectivity index (χ1v) is 6.22. The highest BCUT2D eigenvalue weighted by Gasteiger charge is 2.11. The Bertz CT molecular complexity index is 398. The highest BCUT2D eigenvalue weighted by Crippen LogP contribution is 2.04. The van der Waals surface area contributed by atoms with E-state index in [0.29, 0.717) is 24.7 Å². The number of ether oxygens (including phenoxy) is 2. The Morgan fingerprint density at radius 2 is 2.21 bits per heavy atom. The lowest BCUT2D eigenvalue weighted by molar-refractivity contribution is 0.0285. The minimum atomic E-state index is -0.224. The number of nitrogens with zero attached hydrogens (tertiary/aromatic N) is 1. The van der Waals surface area contributed by atoms with E-state index in [1.165, 1.54) is 0 Å². The number of nitrogens with one attached hydrogen (secondary N) is 2. The van der Waals surface area contributed by atoms with Crippen molar-refractivity contribution < 1.29 is 14.3 Å². The second kappa shape index (κ2) is 8.44. The van der Waals surface area contributed by atoms with Gasteiger partial charge in [0.05, 0.1) is 12.7 Å². The molecule has 1 aromatic rings. The average molecular weight is 267 g/mol. The second-order valence-electron chi connectivity index (χ2n) is 3.96. The van der Waals surface area contributed by atoms with Crippen molar-refractivity contribution in [2.45, 2.75) is 13.0 Å². The zero-order chi connectivity index (χ0) is 14.1. The lowest BCUT2D eigenvalue weighted by Gasteiger charge is -2.14. The van der Waals surface area contributed by atoms with Crippen LogP contribution in [0.3, 0.4) is 0 Å². The Labute approximate surface area is 113 Å². The van der Waals surface area contributed by atoms with Crippen LogP contribution in [0.1, 0.15) is 17.4 Å². The molecular weight excluding hydrogens is 246 g/mol. The summed E-state index contributed by atoms with van der Waals surface area (Å²) in [5.74, 6) is 0.466. The number of carbonyl (C=O) groups excluding carboxylic acids is 1. The first-order chi connectivity index (χ1) is 9.21. The largest absolute Gasteiger partial charge is 0.382 e. The Hall–Kier alpha value is -1.66. The molecule has 106 valence electrons. The molecular formula is C13H21N3O3. The summed E-state index contributed by atoms with van der Waals surface area (Å²) in [6.07, 6.45) is -0.161. The molecule has 6 nitrogen and oxygen atoms in total. The van der Waals surface area contributed by atoms with Crippen molar-refractivity contribution >= 4 is 11.7 Å². The maximum atomic E-state index is 11.9. The quantitative estimate of drug-likeness (QED) is 0.732. The molecule has 0 saturated carbocycles. The Morgan fingerprint density at radius 3 is 2.84 bits per heavy atom. The molecule has 0 aliphatic rings. The number of rotatable bonds is 8. The molecule has 0 aliphatic carbocycles. The summed E-state index contributed by atoms with van der Waals surface area (Å²) >= 11 is 0.